The first-order chi connectivity index (χ1) is 13.2. The molecule has 1 fully saturated rings. The van der Waals surface area contributed by atoms with Gasteiger partial charge in [0.2, 0.25) is 5.95 Å². The predicted molar refractivity (Wildman–Crippen MR) is 96.1 cm³/mol. The summed E-state index contributed by atoms with van der Waals surface area (Å²) in [5, 5.41) is 5.56. The number of imidazole rings is 1. The average Bonchev–Trinajstić information content (AvgIpc) is 3.16. The van der Waals surface area contributed by atoms with Crippen LogP contribution in [0.5, 0.6) is 0 Å². The number of aryl methyl sites for hydroxylation is 1. The summed E-state index contributed by atoms with van der Waals surface area (Å²) in [6.07, 6.45) is 2.97. The minimum absolute atomic E-state index is 0.0845. The Hall–Kier alpha value is -2.49. The second-order valence-electron chi connectivity index (χ2n) is 7.12. The first kappa shape index (κ1) is 20.2. The number of carbonyl (C=O) groups excluding carboxylic acids is 1. The molecule has 152 valence electrons. The normalized spacial score (nSPS) is 21.3. The van der Waals surface area contributed by atoms with Gasteiger partial charge < -0.3 is 10.6 Å². The zero-order valence-corrected chi connectivity index (χ0v) is 15.7. The predicted octanol–water partition coefficient (Wildman–Crippen LogP) is 2.55. The Labute approximate surface area is 160 Å². The van der Waals surface area contributed by atoms with Crippen LogP contribution in [0.4, 0.5) is 13.2 Å². The van der Waals surface area contributed by atoms with E-state index in [2.05, 4.69) is 25.6 Å². The van der Waals surface area contributed by atoms with Gasteiger partial charge in [0.15, 0.2) is 0 Å². The molecule has 0 radical (unpaired) electrons. The molecule has 1 amide bonds. The van der Waals surface area contributed by atoms with Gasteiger partial charge in [0, 0.05) is 30.2 Å². The molecule has 10 heteroatoms. The minimum atomic E-state index is -4.25. The van der Waals surface area contributed by atoms with Crippen LogP contribution < -0.4 is 10.6 Å². The number of hydrogen-bond acceptors (Lipinski definition) is 5. The van der Waals surface area contributed by atoms with Crippen molar-refractivity contribution < 1.29 is 18.0 Å². The Morgan fingerprint density at radius 1 is 1.21 bits per heavy atom. The van der Waals surface area contributed by atoms with Crippen LogP contribution in [-0.4, -0.2) is 49.7 Å². The quantitative estimate of drug-likeness (QED) is 0.812. The lowest BCUT2D eigenvalue weighted by Gasteiger charge is -2.32. The zero-order chi connectivity index (χ0) is 20.3. The number of halogens is 3. The second-order valence-corrected chi connectivity index (χ2v) is 7.12. The molecule has 28 heavy (non-hydrogen) atoms. The summed E-state index contributed by atoms with van der Waals surface area (Å²) in [6, 6.07) is -0.208. The molecule has 0 saturated heterocycles. The van der Waals surface area contributed by atoms with Gasteiger partial charge in [-0.25, -0.2) is 15.0 Å². The molecule has 1 aliphatic rings. The van der Waals surface area contributed by atoms with Crippen molar-refractivity contribution in [1.82, 2.24) is 30.2 Å². The van der Waals surface area contributed by atoms with Crippen molar-refractivity contribution in [3.63, 3.8) is 0 Å². The van der Waals surface area contributed by atoms with E-state index in [0.717, 1.165) is 6.92 Å². The van der Waals surface area contributed by atoms with Crippen molar-refractivity contribution in [2.45, 2.75) is 63.8 Å². The largest absolute Gasteiger partial charge is 0.403 e. The molecule has 1 saturated carbocycles. The molecule has 0 spiro atoms. The number of hydrogen-bond donors (Lipinski definition) is 2. The van der Waals surface area contributed by atoms with Gasteiger partial charge in [-0.15, -0.1) is 0 Å². The van der Waals surface area contributed by atoms with Crippen molar-refractivity contribution >= 4 is 5.91 Å². The highest BCUT2D eigenvalue weighted by Crippen LogP contribution is 2.24. The Bertz CT molecular complexity index is 800. The third-order valence-electron chi connectivity index (χ3n) is 4.85. The molecule has 1 aliphatic carbocycles. The van der Waals surface area contributed by atoms with Crippen LogP contribution in [0.2, 0.25) is 0 Å². The molecule has 0 aromatic carbocycles. The Morgan fingerprint density at radius 2 is 1.89 bits per heavy atom. The van der Waals surface area contributed by atoms with E-state index in [0.29, 0.717) is 37.3 Å². The molecule has 2 heterocycles. The lowest BCUT2D eigenvalue weighted by molar-refractivity contribution is -0.153. The second kappa shape index (κ2) is 8.26. The van der Waals surface area contributed by atoms with Gasteiger partial charge in [-0.1, -0.05) is 0 Å². The Balaban J connectivity index is 1.56. The average molecular weight is 396 g/mol. The van der Waals surface area contributed by atoms with E-state index in [1.807, 2.05) is 0 Å². The van der Waals surface area contributed by atoms with Gasteiger partial charge in [-0.2, -0.15) is 13.2 Å². The van der Waals surface area contributed by atoms with Gasteiger partial charge in [0.05, 0.1) is 0 Å². The van der Waals surface area contributed by atoms with Gasteiger partial charge in [0.25, 0.3) is 5.91 Å². The monoisotopic (exact) mass is 396 g/mol. The molecule has 3 rings (SSSR count). The molecule has 1 atom stereocenters. The fourth-order valence-corrected chi connectivity index (χ4v) is 3.27. The maximum Gasteiger partial charge on any atom is 0.403 e. The van der Waals surface area contributed by atoms with Crippen molar-refractivity contribution in [1.29, 1.82) is 0 Å². The van der Waals surface area contributed by atoms with Crippen LogP contribution in [0.1, 0.15) is 48.8 Å². The van der Waals surface area contributed by atoms with Crippen molar-refractivity contribution in [3.8, 4) is 5.95 Å². The maximum absolute atomic E-state index is 12.7. The van der Waals surface area contributed by atoms with Crippen molar-refractivity contribution in [2.75, 3.05) is 0 Å². The smallest absolute Gasteiger partial charge is 0.348 e. The summed E-state index contributed by atoms with van der Waals surface area (Å²) in [5.74, 6) is 0.0450. The van der Waals surface area contributed by atoms with Crippen molar-refractivity contribution in [3.05, 3.63) is 36.2 Å². The standard InChI is InChI=1S/C18H23F3N6O/c1-11-9-15(26-17(23-11)27-8-7-22-10-27)16(28)25-14-5-3-13(4-6-14)24-12(2)18(19,20)21/h7-10,12-14,24H,3-6H2,1-2H3,(H,25,28)/t12-,13?,14?/m0/s1. The van der Waals surface area contributed by atoms with Crippen LogP contribution in [0, 0.1) is 6.92 Å². The lowest BCUT2D eigenvalue weighted by atomic mass is 9.90. The van der Waals surface area contributed by atoms with E-state index in [1.165, 1.54) is 0 Å². The number of nitrogens with zero attached hydrogens (tertiary/aromatic N) is 4. The summed E-state index contributed by atoms with van der Waals surface area (Å²) in [5.41, 5.74) is 0.903. The van der Waals surface area contributed by atoms with E-state index in [1.54, 1.807) is 36.3 Å². The third kappa shape index (κ3) is 5.06. The highest BCUT2D eigenvalue weighted by Gasteiger charge is 2.37. The summed E-state index contributed by atoms with van der Waals surface area (Å²) in [4.78, 5) is 25.1. The van der Waals surface area contributed by atoms with E-state index in [9.17, 15) is 18.0 Å². The third-order valence-corrected chi connectivity index (χ3v) is 4.85. The highest BCUT2D eigenvalue weighted by molar-refractivity contribution is 5.92. The lowest BCUT2D eigenvalue weighted by Crippen LogP contribution is -2.48. The molecule has 2 aromatic rings. The van der Waals surface area contributed by atoms with E-state index >= 15 is 0 Å². The van der Waals surface area contributed by atoms with Gasteiger partial charge in [-0.05, 0) is 45.6 Å². The number of rotatable bonds is 5. The van der Waals surface area contributed by atoms with Gasteiger partial charge in [-0.3, -0.25) is 9.36 Å². The molecule has 0 bridgehead atoms. The summed E-state index contributed by atoms with van der Waals surface area (Å²) in [6.45, 7) is 2.90. The molecule has 7 nitrogen and oxygen atoms in total. The number of aromatic nitrogens is 4. The minimum Gasteiger partial charge on any atom is -0.348 e. The topological polar surface area (TPSA) is 84.7 Å². The molecule has 0 aliphatic heterocycles. The van der Waals surface area contributed by atoms with E-state index in [4.69, 9.17) is 0 Å². The van der Waals surface area contributed by atoms with Crippen LogP contribution >= 0.6 is 0 Å². The van der Waals surface area contributed by atoms with Crippen LogP contribution in [-0.2, 0) is 0 Å². The molecule has 2 N–H and O–H groups in total. The van der Waals surface area contributed by atoms with Crippen molar-refractivity contribution in [2.24, 2.45) is 0 Å². The molecular weight excluding hydrogens is 373 g/mol. The Kier molecular flexibility index (Phi) is 5.97. The maximum atomic E-state index is 12.7. The zero-order valence-electron chi connectivity index (χ0n) is 15.7. The van der Waals surface area contributed by atoms with Crippen LogP contribution in [0.3, 0.4) is 0 Å². The molecular formula is C18H23F3N6O. The summed E-state index contributed by atoms with van der Waals surface area (Å²) in [7, 11) is 0. The number of carbonyl (C=O) groups is 1. The molecule has 0 unspecified atom stereocenters. The van der Waals surface area contributed by atoms with Crippen LogP contribution in [0.25, 0.3) is 5.95 Å². The van der Waals surface area contributed by atoms with E-state index < -0.39 is 12.2 Å². The highest BCUT2D eigenvalue weighted by atomic mass is 19.4. The number of nitrogens with one attached hydrogen (secondary N) is 2. The fraction of sp³-hybridized carbons (Fsp3) is 0.556. The van der Waals surface area contributed by atoms with Gasteiger partial charge in [0.1, 0.15) is 18.1 Å². The SMILES string of the molecule is Cc1cc(C(=O)NC2CCC(N[C@@H](C)C(F)(F)F)CC2)nc(-n2ccnc2)n1. The number of amides is 1. The Morgan fingerprint density at radius 3 is 2.50 bits per heavy atom. The summed E-state index contributed by atoms with van der Waals surface area (Å²) >= 11 is 0. The summed E-state index contributed by atoms with van der Waals surface area (Å²) < 4.78 is 39.6. The molecule has 2 aromatic heterocycles. The first-order valence-corrected chi connectivity index (χ1v) is 9.20. The van der Waals surface area contributed by atoms with Gasteiger partial charge >= 0.3 is 6.18 Å². The van der Waals surface area contributed by atoms with Crippen LogP contribution in [0.15, 0.2) is 24.8 Å². The number of alkyl halides is 3. The first-order valence-electron chi connectivity index (χ1n) is 9.20. The van der Waals surface area contributed by atoms with E-state index in [-0.39, 0.29) is 23.7 Å². The fourth-order valence-electron chi connectivity index (χ4n) is 3.27.